The molecule has 1 aliphatic rings. The molecule has 3 aromatic carbocycles. The molecule has 0 unspecified atom stereocenters. The molecular weight excluding hydrogens is 504 g/mol. The van der Waals surface area contributed by atoms with Crippen LogP contribution in [0.15, 0.2) is 60.7 Å². The monoisotopic (exact) mass is 529 g/mol. The second-order valence-corrected chi connectivity index (χ2v) is 10.2. The van der Waals surface area contributed by atoms with Gasteiger partial charge in [-0.25, -0.2) is 4.39 Å². The minimum Gasteiger partial charge on any atom is -0.487 e. The highest BCUT2D eigenvalue weighted by Crippen LogP contribution is 2.37. The van der Waals surface area contributed by atoms with Crippen LogP contribution in [-0.4, -0.2) is 34.0 Å². The number of aryl methyl sites for hydroxylation is 1. The first-order chi connectivity index (χ1) is 17.1. The zero-order valence-corrected chi connectivity index (χ0v) is 21.3. The molecule has 1 heterocycles. The molecule has 36 heavy (non-hydrogen) atoms. The summed E-state index contributed by atoms with van der Waals surface area (Å²) in [6.07, 6.45) is 1.96. The number of hydrogen-bond acceptors (Lipinski definition) is 3. The van der Waals surface area contributed by atoms with Gasteiger partial charge in [-0.3, -0.25) is 9.59 Å². The Hall–Kier alpha value is -3.09. The molecule has 0 fully saturated rings. The Kier molecular flexibility index (Phi) is 7.86. The van der Waals surface area contributed by atoms with Crippen molar-refractivity contribution in [2.24, 2.45) is 0 Å². The van der Waals surface area contributed by atoms with Gasteiger partial charge in [0.15, 0.2) is 0 Å². The van der Waals surface area contributed by atoms with Gasteiger partial charge in [0.2, 0.25) is 5.91 Å². The maximum absolute atomic E-state index is 14.2. The molecule has 1 N–H and O–H groups in total. The molecule has 188 valence electrons. The van der Waals surface area contributed by atoms with Crippen LogP contribution in [0.1, 0.15) is 35.6 Å². The largest absolute Gasteiger partial charge is 0.487 e. The van der Waals surface area contributed by atoms with E-state index in [9.17, 15) is 19.1 Å². The molecule has 3 aromatic rings. The highest BCUT2D eigenvalue weighted by atomic mass is 35.5. The molecule has 4 rings (SSSR count). The summed E-state index contributed by atoms with van der Waals surface area (Å²) in [5.74, 6) is -1.32. The number of carboxylic acid groups (broad SMARTS) is 1. The van der Waals surface area contributed by atoms with Crippen LogP contribution in [0, 0.1) is 5.82 Å². The van der Waals surface area contributed by atoms with E-state index in [0.717, 1.165) is 40.2 Å². The van der Waals surface area contributed by atoms with Crippen molar-refractivity contribution in [3.05, 3.63) is 98.8 Å². The van der Waals surface area contributed by atoms with E-state index in [2.05, 4.69) is 6.92 Å². The van der Waals surface area contributed by atoms with Crippen molar-refractivity contribution < 1.29 is 23.8 Å². The highest BCUT2D eigenvalue weighted by molar-refractivity contribution is 6.31. The lowest BCUT2D eigenvalue weighted by atomic mass is 9.91. The third-order valence-corrected chi connectivity index (χ3v) is 6.86. The summed E-state index contributed by atoms with van der Waals surface area (Å²) in [7, 11) is 0. The van der Waals surface area contributed by atoms with Crippen molar-refractivity contribution in [2.45, 2.75) is 44.8 Å². The molecule has 0 aromatic heterocycles. The smallest absolute Gasteiger partial charge is 0.323 e. The molecule has 0 bridgehead atoms. The Morgan fingerprint density at radius 3 is 2.50 bits per heavy atom. The molecule has 1 amide bonds. The first-order valence-corrected chi connectivity index (χ1v) is 12.4. The van der Waals surface area contributed by atoms with Crippen LogP contribution in [0.4, 0.5) is 4.39 Å². The van der Waals surface area contributed by atoms with Gasteiger partial charge < -0.3 is 14.7 Å². The summed E-state index contributed by atoms with van der Waals surface area (Å²) in [5, 5.41) is 10.1. The van der Waals surface area contributed by atoms with Crippen molar-refractivity contribution >= 4 is 35.1 Å². The van der Waals surface area contributed by atoms with E-state index in [4.69, 9.17) is 27.9 Å². The number of hydrogen-bond donors (Lipinski definition) is 1. The standard InChI is InChI=1S/C28H26Cl2FNO4/c1-28(14-19-5-9-21(29)10-6-19)15-20-13-18(7-11-25(20)36-28)8-12-26(33)32(17-27(34)35)16-22-23(30)3-2-4-24(22)31/h2-7,9-11,13H,8,12,14-17H2,1H3,(H,34,35)/t28-/m1/s1. The summed E-state index contributed by atoms with van der Waals surface area (Å²) in [5.41, 5.74) is 2.86. The Morgan fingerprint density at radius 1 is 1.08 bits per heavy atom. The first kappa shape index (κ1) is 26.0. The Bertz CT molecular complexity index is 1260. The lowest BCUT2D eigenvalue weighted by Crippen LogP contribution is -2.35. The van der Waals surface area contributed by atoms with E-state index in [-0.39, 0.29) is 35.1 Å². The highest BCUT2D eigenvalue weighted by Gasteiger charge is 2.35. The SMILES string of the molecule is C[C@@]1(Cc2ccc(Cl)cc2)Cc2cc(CCC(=O)N(CC(=O)O)Cc3c(F)cccc3Cl)ccc2O1. The van der Waals surface area contributed by atoms with Gasteiger partial charge in [0, 0.05) is 34.9 Å². The van der Waals surface area contributed by atoms with Gasteiger partial charge >= 0.3 is 5.97 Å². The average molecular weight is 530 g/mol. The lowest BCUT2D eigenvalue weighted by molar-refractivity contribution is -0.144. The molecular formula is C28H26Cl2FNO4. The molecule has 0 spiro atoms. The second-order valence-electron chi connectivity index (χ2n) is 9.32. The second kappa shape index (κ2) is 10.9. The van der Waals surface area contributed by atoms with Crippen LogP contribution in [0.2, 0.25) is 10.0 Å². The quantitative estimate of drug-likeness (QED) is 0.362. The van der Waals surface area contributed by atoms with Gasteiger partial charge in [0.1, 0.15) is 23.7 Å². The van der Waals surface area contributed by atoms with Crippen LogP contribution in [-0.2, 0) is 35.4 Å². The number of carboxylic acids is 1. The molecule has 8 heteroatoms. The number of aliphatic carboxylic acids is 1. The van der Waals surface area contributed by atoms with Crippen LogP contribution < -0.4 is 4.74 Å². The molecule has 0 saturated heterocycles. The van der Waals surface area contributed by atoms with E-state index < -0.39 is 18.3 Å². The molecule has 1 atom stereocenters. The molecule has 1 aliphatic heterocycles. The third kappa shape index (κ3) is 6.37. The molecule has 5 nitrogen and oxygen atoms in total. The van der Waals surface area contributed by atoms with Crippen molar-refractivity contribution in [1.82, 2.24) is 4.90 Å². The van der Waals surface area contributed by atoms with Crippen molar-refractivity contribution in [1.29, 1.82) is 0 Å². The molecule has 0 saturated carbocycles. The predicted molar refractivity (Wildman–Crippen MR) is 137 cm³/mol. The summed E-state index contributed by atoms with van der Waals surface area (Å²) >= 11 is 12.1. The predicted octanol–water partition coefficient (Wildman–Crippen LogP) is 6.11. The maximum atomic E-state index is 14.2. The van der Waals surface area contributed by atoms with Crippen molar-refractivity contribution in [2.75, 3.05) is 6.54 Å². The molecule has 0 aliphatic carbocycles. The Balaban J connectivity index is 1.40. The van der Waals surface area contributed by atoms with Crippen LogP contribution in [0.3, 0.4) is 0 Å². The summed E-state index contributed by atoms with van der Waals surface area (Å²) in [4.78, 5) is 25.4. The van der Waals surface area contributed by atoms with Crippen LogP contribution in [0.25, 0.3) is 0 Å². The van der Waals surface area contributed by atoms with E-state index in [0.29, 0.717) is 11.4 Å². The minimum absolute atomic E-state index is 0.0844. The van der Waals surface area contributed by atoms with E-state index in [1.165, 1.54) is 18.2 Å². The van der Waals surface area contributed by atoms with Crippen LogP contribution >= 0.6 is 23.2 Å². The van der Waals surface area contributed by atoms with Crippen molar-refractivity contribution in [3.8, 4) is 5.75 Å². The number of carbonyl (C=O) groups is 2. The van der Waals surface area contributed by atoms with E-state index in [1.54, 1.807) is 0 Å². The fourth-order valence-corrected chi connectivity index (χ4v) is 4.89. The number of halogens is 3. The number of carbonyl (C=O) groups excluding carboxylic acids is 1. The van der Waals surface area contributed by atoms with Gasteiger partial charge in [-0.2, -0.15) is 0 Å². The zero-order valence-electron chi connectivity index (χ0n) is 19.8. The van der Waals surface area contributed by atoms with Gasteiger partial charge in [-0.05, 0) is 60.4 Å². The minimum atomic E-state index is -1.18. The number of fused-ring (bicyclic) bond motifs is 1. The number of ether oxygens (including phenoxy) is 1. The summed E-state index contributed by atoms with van der Waals surface area (Å²) in [6.45, 7) is 1.32. The fraction of sp³-hybridized carbons (Fsp3) is 0.286. The Morgan fingerprint density at radius 2 is 1.81 bits per heavy atom. The van der Waals surface area contributed by atoms with Crippen LogP contribution in [0.5, 0.6) is 5.75 Å². The average Bonchev–Trinajstić information content (AvgIpc) is 3.15. The van der Waals surface area contributed by atoms with Gasteiger partial charge in [-0.15, -0.1) is 0 Å². The molecule has 0 radical (unpaired) electrons. The Labute approximate surface area is 219 Å². The normalized spacial score (nSPS) is 16.3. The first-order valence-electron chi connectivity index (χ1n) is 11.6. The maximum Gasteiger partial charge on any atom is 0.323 e. The fourth-order valence-electron chi connectivity index (χ4n) is 4.54. The van der Waals surface area contributed by atoms with Gasteiger partial charge in [0.25, 0.3) is 0 Å². The third-order valence-electron chi connectivity index (χ3n) is 6.25. The van der Waals surface area contributed by atoms with Gasteiger partial charge in [-0.1, -0.05) is 53.5 Å². The zero-order chi connectivity index (χ0) is 25.9. The number of rotatable bonds is 9. The number of benzene rings is 3. The van der Waals surface area contributed by atoms with Crippen molar-refractivity contribution in [3.63, 3.8) is 0 Å². The topological polar surface area (TPSA) is 66.8 Å². The summed E-state index contributed by atoms with van der Waals surface area (Å²) in [6, 6.07) is 17.8. The lowest BCUT2D eigenvalue weighted by Gasteiger charge is -2.24. The number of amides is 1. The number of nitrogens with zero attached hydrogens (tertiary/aromatic N) is 1. The van der Waals surface area contributed by atoms with E-state index in [1.807, 2.05) is 42.5 Å². The van der Waals surface area contributed by atoms with E-state index >= 15 is 0 Å². The summed E-state index contributed by atoms with van der Waals surface area (Å²) < 4.78 is 20.5. The van der Waals surface area contributed by atoms with Gasteiger partial charge in [0.05, 0.1) is 6.54 Å².